The molecule has 9 heteroatoms. The van der Waals surface area contributed by atoms with Gasteiger partial charge in [-0.3, -0.25) is 4.18 Å². The van der Waals surface area contributed by atoms with Crippen LogP contribution >= 0.6 is 0 Å². The molecule has 0 aliphatic carbocycles. The molecule has 110 valence electrons. The fraction of sp³-hybridized carbons (Fsp3) is 1.00. The van der Waals surface area contributed by atoms with Crippen LogP contribution in [0.2, 0.25) is 0 Å². The minimum Gasteiger partial charge on any atom is -0.378 e. The summed E-state index contributed by atoms with van der Waals surface area (Å²) in [4.78, 5) is 0. The molecule has 1 aliphatic heterocycles. The highest BCUT2D eigenvalue weighted by Gasteiger charge is 2.55. The van der Waals surface area contributed by atoms with Gasteiger partial charge >= 0.3 is 15.6 Å². The van der Waals surface area contributed by atoms with Gasteiger partial charge in [0, 0.05) is 11.9 Å². The Hall–Kier alpha value is -0.275. The van der Waals surface area contributed by atoms with Crippen LogP contribution in [0.1, 0.15) is 33.6 Å². The van der Waals surface area contributed by atoms with Crippen LogP contribution in [0.25, 0.3) is 0 Å². The van der Waals surface area contributed by atoms with Crippen molar-refractivity contribution in [2.24, 2.45) is 5.92 Å². The second-order valence-electron chi connectivity index (χ2n) is 4.60. The first kappa shape index (κ1) is 16.8. The Labute approximate surface area is 112 Å². The summed E-state index contributed by atoms with van der Waals surface area (Å²) in [7, 11) is -0.106. The highest BCUT2D eigenvalue weighted by Crippen LogP contribution is 2.43. The van der Waals surface area contributed by atoms with Gasteiger partial charge in [0.1, 0.15) is 14.0 Å². The average Bonchev–Trinajstić information content (AvgIpc) is 2.52. The highest BCUT2D eigenvalue weighted by molar-refractivity contribution is 7.87. The lowest BCUT2D eigenvalue weighted by atomic mass is 9.80. The number of rotatable bonds is 4. The van der Waals surface area contributed by atoms with Crippen LogP contribution < -0.4 is 0 Å². The SMILES string of the molecule is [B][C@@H]1OC(CC)(CC)[C@@H](C)[C@@H]1OS(=O)(=O)C(F)(F)F. The largest absolute Gasteiger partial charge is 0.523 e. The van der Waals surface area contributed by atoms with E-state index in [1.807, 2.05) is 0 Å². The first-order valence-corrected chi connectivity index (χ1v) is 7.34. The molecule has 19 heavy (non-hydrogen) atoms. The van der Waals surface area contributed by atoms with Gasteiger partial charge in [0.25, 0.3) is 0 Å². The monoisotopic (exact) mass is 300 g/mol. The maximum atomic E-state index is 12.3. The molecule has 0 amide bonds. The second-order valence-corrected chi connectivity index (χ2v) is 6.17. The van der Waals surface area contributed by atoms with Crippen molar-refractivity contribution in [1.82, 2.24) is 0 Å². The lowest BCUT2D eigenvalue weighted by molar-refractivity contribution is -0.0591. The maximum absolute atomic E-state index is 12.3. The third kappa shape index (κ3) is 2.92. The van der Waals surface area contributed by atoms with E-state index in [0.29, 0.717) is 12.8 Å². The fourth-order valence-corrected chi connectivity index (χ4v) is 3.11. The Bertz CT molecular complexity index is 419. The minimum atomic E-state index is -5.67. The van der Waals surface area contributed by atoms with E-state index in [1.165, 1.54) is 0 Å². The van der Waals surface area contributed by atoms with Crippen LogP contribution in [-0.4, -0.2) is 39.5 Å². The third-order valence-electron chi connectivity index (χ3n) is 3.74. The minimum absolute atomic E-state index is 0.504. The molecule has 1 heterocycles. The maximum Gasteiger partial charge on any atom is 0.523 e. The number of alkyl halides is 3. The highest BCUT2D eigenvalue weighted by atomic mass is 32.2. The van der Waals surface area contributed by atoms with Crippen molar-refractivity contribution >= 4 is 18.0 Å². The molecule has 1 aliphatic rings. The van der Waals surface area contributed by atoms with E-state index in [-0.39, 0.29) is 0 Å². The van der Waals surface area contributed by atoms with Gasteiger partial charge in [0.05, 0.1) is 5.60 Å². The van der Waals surface area contributed by atoms with Crippen LogP contribution in [0.15, 0.2) is 0 Å². The zero-order chi connectivity index (χ0) is 15.1. The summed E-state index contributed by atoms with van der Waals surface area (Å²) in [6, 6.07) is -1.20. The van der Waals surface area contributed by atoms with Crippen molar-refractivity contribution < 1.29 is 30.5 Å². The zero-order valence-corrected chi connectivity index (χ0v) is 11.7. The first-order chi connectivity index (χ1) is 8.50. The molecule has 0 saturated carbocycles. The Balaban J connectivity index is 2.98. The molecular formula is C10H16BF3O4S. The summed E-state index contributed by atoms with van der Waals surface area (Å²) in [5, 5.41) is 0. The number of hydrogen-bond acceptors (Lipinski definition) is 4. The molecule has 0 aromatic heterocycles. The first-order valence-electron chi connectivity index (χ1n) is 5.93. The van der Waals surface area contributed by atoms with Crippen molar-refractivity contribution in [3.8, 4) is 0 Å². The van der Waals surface area contributed by atoms with E-state index in [0.717, 1.165) is 0 Å². The van der Waals surface area contributed by atoms with E-state index in [9.17, 15) is 21.6 Å². The summed E-state index contributed by atoms with van der Waals surface area (Å²) in [6.07, 6.45) is -0.333. The molecule has 0 spiro atoms. The van der Waals surface area contributed by atoms with Gasteiger partial charge in [-0.2, -0.15) is 21.6 Å². The van der Waals surface area contributed by atoms with Crippen molar-refractivity contribution in [3.63, 3.8) is 0 Å². The van der Waals surface area contributed by atoms with Crippen LogP contribution in [0, 0.1) is 5.92 Å². The Morgan fingerprint density at radius 2 is 1.79 bits per heavy atom. The standard InChI is InChI=1S/C10H16BF3O4S/c1-4-9(5-2)6(3)7(8(11)17-9)18-19(15,16)10(12,13)14/h6-8H,4-5H2,1-3H3/t6-,7-,8+/m0/s1. The van der Waals surface area contributed by atoms with Crippen molar-refractivity contribution in [2.75, 3.05) is 0 Å². The smallest absolute Gasteiger partial charge is 0.378 e. The molecule has 2 radical (unpaired) electrons. The molecule has 1 rings (SSSR count). The number of hydrogen-bond donors (Lipinski definition) is 0. The fourth-order valence-electron chi connectivity index (χ4n) is 2.43. The normalized spacial score (nSPS) is 31.6. The molecule has 3 atom stereocenters. The van der Waals surface area contributed by atoms with E-state index < -0.39 is 39.3 Å². The summed E-state index contributed by atoms with van der Waals surface area (Å²) in [6.45, 7) is 5.18. The topological polar surface area (TPSA) is 52.6 Å². The molecule has 0 aromatic rings. The van der Waals surface area contributed by atoms with Gasteiger partial charge in [-0.15, -0.1) is 0 Å². The summed E-state index contributed by atoms with van der Waals surface area (Å²) < 4.78 is 68.7. The lowest BCUT2D eigenvalue weighted by Crippen LogP contribution is -2.39. The Morgan fingerprint density at radius 1 is 1.32 bits per heavy atom. The lowest BCUT2D eigenvalue weighted by Gasteiger charge is -2.31. The van der Waals surface area contributed by atoms with Crippen molar-refractivity contribution in [3.05, 3.63) is 0 Å². The van der Waals surface area contributed by atoms with Gasteiger partial charge in [-0.25, -0.2) is 0 Å². The van der Waals surface area contributed by atoms with E-state index in [2.05, 4.69) is 4.18 Å². The van der Waals surface area contributed by atoms with Crippen LogP contribution in [0.5, 0.6) is 0 Å². The summed E-state index contributed by atoms with van der Waals surface area (Å²) in [5.74, 6) is -0.561. The van der Waals surface area contributed by atoms with E-state index in [1.54, 1.807) is 20.8 Å². The predicted molar refractivity (Wildman–Crippen MR) is 63.0 cm³/mol. The van der Waals surface area contributed by atoms with E-state index in [4.69, 9.17) is 12.6 Å². The predicted octanol–water partition coefficient (Wildman–Crippen LogP) is 1.94. The van der Waals surface area contributed by atoms with Crippen LogP contribution in [-0.2, 0) is 19.0 Å². The van der Waals surface area contributed by atoms with Crippen molar-refractivity contribution in [2.45, 2.75) is 56.8 Å². The van der Waals surface area contributed by atoms with Gasteiger partial charge < -0.3 is 4.74 Å². The Kier molecular flexibility index (Phi) is 4.64. The molecule has 1 fully saturated rings. The molecule has 0 aromatic carbocycles. The van der Waals surface area contributed by atoms with Crippen molar-refractivity contribution in [1.29, 1.82) is 0 Å². The van der Waals surface area contributed by atoms with E-state index >= 15 is 0 Å². The third-order valence-corrected chi connectivity index (χ3v) is 4.78. The Morgan fingerprint density at radius 3 is 2.11 bits per heavy atom. The van der Waals surface area contributed by atoms with Gasteiger partial charge in [0.15, 0.2) is 0 Å². The molecular weight excluding hydrogens is 284 g/mol. The molecule has 0 bridgehead atoms. The summed E-state index contributed by atoms with van der Waals surface area (Å²) >= 11 is 0. The van der Waals surface area contributed by atoms with Crippen LogP contribution in [0.3, 0.4) is 0 Å². The number of ether oxygens (including phenoxy) is 1. The molecule has 4 nitrogen and oxygen atoms in total. The molecule has 1 saturated heterocycles. The summed E-state index contributed by atoms with van der Waals surface area (Å²) in [5.41, 5.74) is -6.22. The number of halogens is 3. The van der Waals surface area contributed by atoms with Gasteiger partial charge in [0.2, 0.25) is 0 Å². The zero-order valence-electron chi connectivity index (χ0n) is 10.9. The second kappa shape index (κ2) is 5.25. The molecule has 0 N–H and O–H groups in total. The van der Waals surface area contributed by atoms with Crippen LogP contribution in [0.4, 0.5) is 13.2 Å². The molecule has 0 unspecified atom stereocenters. The quantitative estimate of drug-likeness (QED) is 0.452. The average molecular weight is 300 g/mol. The van der Waals surface area contributed by atoms with Gasteiger partial charge in [-0.1, -0.05) is 20.8 Å². The van der Waals surface area contributed by atoms with Gasteiger partial charge in [-0.05, 0) is 12.8 Å².